The minimum absolute atomic E-state index is 0.0231. The molecule has 0 fully saturated rings. The number of hydrogen-bond donors (Lipinski definition) is 1. The van der Waals surface area contributed by atoms with E-state index in [1.165, 1.54) is 7.05 Å². The Bertz CT molecular complexity index is 122. The van der Waals surface area contributed by atoms with Crippen LogP contribution in [0.5, 0.6) is 0 Å². The first-order valence-corrected chi connectivity index (χ1v) is 2.23. The van der Waals surface area contributed by atoms with E-state index in [1.807, 2.05) is 0 Å². The maximum Gasteiger partial charge on any atom is 0.269 e. The van der Waals surface area contributed by atoms with Gasteiger partial charge in [0.1, 0.15) is 0 Å². The van der Waals surface area contributed by atoms with E-state index >= 15 is 0 Å². The molecule has 0 saturated carbocycles. The Morgan fingerprint density at radius 2 is 2.50 bits per heavy atom. The van der Waals surface area contributed by atoms with E-state index < -0.39 is 4.92 Å². The Morgan fingerprint density at radius 3 is 2.62 bits per heavy atom. The van der Waals surface area contributed by atoms with Crippen molar-refractivity contribution in [2.45, 2.75) is 0 Å². The molecule has 0 aliphatic carbocycles. The summed E-state index contributed by atoms with van der Waals surface area (Å²) in [5.41, 5.74) is 0. The van der Waals surface area contributed by atoms with E-state index in [4.69, 9.17) is 11.6 Å². The molecule has 4 nitrogen and oxygen atoms in total. The monoisotopic (exact) mass is 136 g/mol. The number of halogens is 1. The Hall–Kier alpha value is -0.770. The molecule has 0 aromatic rings. The molecule has 0 rings (SSSR count). The fraction of sp³-hybridized carbons (Fsp3) is 0.333. The van der Waals surface area contributed by atoms with Crippen molar-refractivity contribution in [3.05, 3.63) is 21.5 Å². The average molecular weight is 137 g/mol. The lowest BCUT2D eigenvalue weighted by atomic mass is 10.9. The van der Waals surface area contributed by atoms with Gasteiger partial charge in [-0.25, -0.2) is 0 Å². The van der Waals surface area contributed by atoms with Crippen molar-refractivity contribution in [2.75, 3.05) is 7.05 Å². The molecule has 0 aromatic heterocycles. The van der Waals surface area contributed by atoms with E-state index in [9.17, 15) is 10.1 Å². The second-order valence-electron chi connectivity index (χ2n) is 1.01. The van der Waals surface area contributed by atoms with Crippen molar-refractivity contribution in [3.8, 4) is 0 Å². The van der Waals surface area contributed by atoms with Crippen LogP contribution in [0.1, 0.15) is 0 Å². The van der Waals surface area contributed by atoms with Gasteiger partial charge in [0.2, 0.25) is 0 Å². The summed E-state index contributed by atoms with van der Waals surface area (Å²) in [4.78, 5) is 8.95. The molecule has 0 aromatic carbocycles. The van der Waals surface area contributed by atoms with Crippen LogP contribution in [0.4, 0.5) is 0 Å². The summed E-state index contributed by atoms with van der Waals surface area (Å²) >= 11 is 5.17. The highest BCUT2D eigenvalue weighted by atomic mass is 35.5. The van der Waals surface area contributed by atoms with Gasteiger partial charge in [0.25, 0.3) is 6.20 Å². The summed E-state index contributed by atoms with van der Waals surface area (Å²) in [5, 5.41) is 12.0. The lowest BCUT2D eigenvalue weighted by Crippen LogP contribution is -2.01. The van der Waals surface area contributed by atoms with Crippen LogP contribution in [0.25, 0.3) is 0 Å². The zero-order valence-electron chi connectivity index (χ0n) is 4.22. The third-order valence-electron chi connectivity index (χ3n) is 0.458. The summed E-state index contributed by atoms with van der Waals surface area (Å²) in [6.07, 6.45) is 0.682. The summed E-state index contributed by atoms with van der Waals surface area (Å²) in [5.74, 6) is 0. The molecule has 0 aliphatic rings. The molecule has 0 unspecified atom stereocenters. The number of hydrogen-bond acceptors (Lipinski definition) is 3. The molecule has 46 valence electrons. The minimum Gasteiger partial charge on any atom is -0.374 e. The van der Waals surface area contributed by atoms with Crippen molar-refractivity contribution in [2.24, 2.45) is 0 Å². The zero-order valence-corrected chi connectivity index (χ0v) is 4.97. The molecule has 0 radical (unpaired) electrons. The first kappa shape index (κ1) is 7.23. The molecule has 8 heavy (non-hydrogen) atoms. The molecule has 0 aliphatic heterocycles. The van der Waals surface area contributed by atoms with Crippen molar-refractivity contribution < 1.29 is 4.92 Å². The molecule has 0 heterocycles. The second-order valence-corrected chi connectivity index (χ2v) is 1.42. The van der Waals surface area contributed by atoms with Crippen LogP contribution in [0.3, 0.4) is 0 Å². The third-order valence-corrected chi connectivity index (χ3v) is 0.744. The molecule has 0 amide bonds. The van der Waals surface area contributed by atoms with Crippen LogP contribution in [0, 0.1) is 10.1 Å². The Balaban J connectivity index is 3.75. The van der Waals surface area contributed by atoms with Crippen molar-refractivity contribution in [3.63, 3.8) is 0 Å². The fourth-order valence-electron chi connectivity index (χ4n) is 0.157. The van der Waals surface area contributed by atoms with E-state index in [0.29, 0.717) is 6.20 Å². The van der Waals surface area contributed by atoms with Gasteiger partial charge in [0.15, 0.2) is 5.16 Å². The minimum atomic E-state index is -0.626. The van der Waals surface area contributed by atoms with Crippen LogP contribution in [0.2, 0.25) is 0 Å². The number of nitrogens with one attached hydrogen (secondary N) is 1. The molecule has 0 bridgehead atoms. The van der Waals surface area contributed by atoms with Gasteiger partial charge in [-0.3, -0.25) is 10.1 Å². The summed E-state index contributed by atoms with van der Waals surface area (Å²) in [6.45, 7) is 0. The largest absolute Gasteiger partial charge is 0.374 e. The Morgan fingerprint density at radius 1 is 2.00 bits per heavy atom. The average Bonchev–Trinajstić information content (AvgIpc) is 1.65. The van der Waals surface area contributed by atoms with Crippen molar-refractivity contribution in [1.82, 2.24) is 5.32 Å². The molecule has 0 saturated heterocycles. The Labute approximate surface area is 51.3 Å². The third kappa shape index (κ3) is 3.42. The number of rotatable bonds is 2. The molecule has 0 atom stereocenters. The fourth-order valence-corrected chi connectivity index (χ4v) is 0.237. The zero-order chi connectivity index (χ0) is 6.57. The molecular formula is C3H5ClN2O2. The van der Waals surface area contributed by atoms with Crippen molar-refractivity contribution >= 4 is 11.6 Å². The van der Waals surface area contributed by atoms with Gasteiger partial charge >= 0.3 is 0 Å². The maximum absolute atomic E-state index is 9.57. The van der Waals surface area contributed by atoms with Gasteiger partial charge in [-0.05, 0) is 0 Å². The van der Waals surface area contributed by atoms with Crippen LogP contribution in [0.15, 0.2) is 11.4 Å². The SMILES string of the molecule is CN/C(Cl)=C/[N+](=O)[O-]. The topological polar surface area (TPSA) is 55.2 Å². The van der Waals surface area contributed by atoms with Gasteiger partial charge in [0, 0.05) is 7.05 Å². The number of nitrogens with zero attached hydrogens (tertiary/aromatic N) is 1. The maximum atomic E-state index is 9.57. The predicted octanol–water partition coefficient (Wildman–Crippen LogP) is 0.520. The number of nitro groups is 1. The van der Waals surface area contributed by atoms with Gasteiger partial charge in [0.05, 0.1) is 4.92 Å². The smallest absolute Gasteiger partial charge is 0.269 e. The molecule has 0 spiro atoms. The van der Waals surface area contributed by atoms with Crippen LogP contribution in [-0.4, -0.2) is 12.0 Å². The summed E-state index contributed by atoms with van der Waals surface area (Å²) in [7, 11) is 1.50. The Kier molecular flexibility index (Phi) is 2.95. The van der Waals surface area contributed by atoms with Gasteiger partial charge < -0.3 is 5.32 Å². The highest BCUT2D eigenvalue weighted by Gasteiger charge is 1.91. The van der Waals surface area contributed by atoms with Gasteiger partial charge in [-0.1, -0.05) is 11.6 Å². The lowest BCUT2D eigenvalue weighted by molar-refractivity contribution is -0.403. The van der Waals surface area contributed by atoms with Crippen LogP contribution < -0.4 is 5.32 Å². The normalized spacial score (nSPS) is 11.0. The second kappa shape index (κ2) is 3.26. The highest BCUT2D eigenvalue weighted by molar-refractivity contribution is 6.29. The molecule has 5 heteroatoms. The van der Waals surface area contributed by atoms with E-state index in [0.717, 1.165) is 0 Å². The standard InChI is InChI=1S/C3H5ClN2O2/c1-5-3(4)2-6(7)8/h2,5H,1H3/b3-2+. The highest BCUT2D eigenvalue weighted by Crippen LogP contribution is 1.91. The van der Waals surface area contributed by atoms with Gasteiger partial charge in [-0.15, -0.1) is 0 Å². The van der Waals surface area contributed by atoms with Gasteiger partial charge in [-0.2, -0.15) is 0 Å². The molecular weight excluding hydrogens is 131 g/mol. The lowest BCUT2D eigenvalue weighted by Gasteiger charge is -1.87. The van der Waals surface area contributed by atoms with Crippen molar-refractivity contribution in [1.29, 1.82) is 0 Å². The molecule has 1 N–H and O–H groups in total. The predicted molar refractivity (Wildman–Crippen MR) is 30.0 cm³/mol. The van der Waals surface area contributed by atoms with Crippen LogP contribution >= 0.6 is 11.6 Å². The first-order chi connectivity index (χ1) is 3.66. The van der Waals surface area contributed by atoms with Crippen LogP contribution in [-0.2, 0) is 0 Å². The van der Waals surface area contributed by atoms with E-state index in [1.54, 1.807) is 0 Å². The van der Waals surface area contributed by atoms with E-state index in [2.05, 4.69) is 5.32 Å². The first-order valence-electron chi connectivity index (χ1n) is 1.85. The van der Waals surface area contributed by atoms with E-state index in [-0.39, 0.29) is 5.16 Å². The summed E-state index contributed by atoms with van der Waals surface area (Å²) in [6, 6.07) is 0. The summed E-state index contributed by atoms with van der Waals surface area (Å²) < 4.78 is 0. The quantitative estimate of drug-likeness (QED) is 0.342.